The van der Waals surface area contributed by atoms with Gasteiger partial charge in [0.1, 0.15) is 5.75 Å². The van der Waals surface area contributed by atoms with Crippen molar-refractivity contribution in [2.24, 2.45) is 0 Å². The van der Waals surface area contributed by atoms with Crippen LogP contribution in [0.1, 0.15) is 18.1 Å². The molecule has 22 heavy (non-hydrogen) atoms. The van der Waals surface area contributed by atoms with Gasteiger partial charge >= 0.3 is 0 Å². The maximum Gasteiger partial charge on any atom is 0.126 e. The number of nitriles is 1. The number of hydrogen-bond acceptors (Lipinski definition) is 2. The number of allylic oxidation sites excluding steroid dienone is 1. The Kier molecular flexibility index (Phi) is 5.74. The zero-order valence-corrected chi connectivity index (χ0v) is 14.0. The molecule has 2 rings (SSSR count). The molecular formula is C17H12Cl3NO. The second-order valence-corrected chi connectivity index (χ2v) is 5.69. The predicted molar refractivity (Wildman–Crippen MR) is 92.6 cm³/mol. The van der Waals surface area contributed by atoms with E-state index in [2.05, 4.69) is 6.07 Å². The van der Waals surface area contributed by atoms with Gasteiger partial charge < -0.3 is 4.74 Å². The molecule has 0 aromatic heterocycles. The van der Waals surface area contributed by atoms with Crippen LogP contribution in [0.15, 0.2) is 36.4 Å². The molecular weight excluding hydrogens is 341 g/mol. The molecule has 0 saturated heterocycles. The van der Waals surface area contributed by atoms with Gasteiger partial charge in [-0.2, -0.15) is 5.26 Å². The number of nitrogens with zero attached hydrogens (tertiary/aromatic N) is 1. The second-order valence-electron chi connectivity index (χ2n) is 4.41. The van der Waals surface area contributed by atoms with Crippen LogP contribution in [0.4, 0.5) is 0 Å². The van der Waals surface area contributed by atoms with Crippen LogP contribution in [0.25, 0.3) is 11.6 Å². The first kappa shape index (κ1) is 16.7. The number of hydrogen-bond donors (Lipinski definition) is 0. The minimum atomic E-state index is 0.407. The van der Waals surface area contributed by atoms with Crippen molar-refractivity contribution in [2.45, 2.75) is 6.92 Å². The summed E-state index contributed by atoms with van der Waals surface area (Å²) in [5.41, 5.74) is 1.73. The molecule has 0 fully saturated rings. The number of benzene rings is 2. The number of rotatable bonds is 4. The first-order valence-corrected chi connectivity index (χ1v) is 7.68. The van der Waals surface area contributed by atoms with E-state index < -0.39 is 0 Å². The van der Waals surface area contributed by atoms with Gasteiger partial charge in [0.05, 0.1) is 23.3 Å². The number of ether oxygens (including phenoxy) is 1. The zero-order valence-electron chi connectivity index (χ0n) is 11.7. The quantitative estimate of drug-likeness (QED) is 0.491. The van der Waals surface area contributed by atoms with Crippen LogP contribution in [-0.4, -0.2) is 6.61 Å². The van der Waals surface area contributed by atoms with Gasteiger partial charge in [-0.3, -0.25) is 0 Å². The molecule has 0 radical (unpaired) electrons. The zero-order chi connectivity index (χ0) is 16.1. The Bertz CT molecular complexity index is 763. The van der Waals surface area contributed by atoms with E-state index in [0.29, 0.717) is 38.6 Å². The van der Waals surface area contributed by atoms with Crippen molar-refractivity contribution in [3.8, 4) is 11.8 Å². The Morgan fingerprint density at radius 3 is 2.45 bits per heavy atom. The molecule has 0 bridgehead atoms. The van der Waals surface area contributed by atoms with Gasteiger partial charge in [-0.15, -0.1) is 0 Å². The summed E-state index contributed by atoms with van der Waals surface area (Å²) in [6.07, 6.45) is 1.70. The Morgan fingerprint density at radius 1 is 1.14 bits per heavy atom. The van der Waals surface area contributed by atoms with Crippen LogP contribution >= 0.6 is 34.8 Å². The lowest BCUT2D eigenvalue weighted by Gasteiger charge is -2.09. The molecule has 0 aliphatic carbocycles. The Labute approximate surface area is 144 Å². The summed E-state index contributed by atoms with van der Waals surface area (Å²) < 4.78 is 5.56. The van der Waals surface area contributed by atoms with Crippen molar-refractivity contribution in [1.82, 2.24) is 0 Å². The topological polar surface area (TPSA) is 33.0 Å². The van der Waals surface area contributed by atoms with Gasteiger partial charge in [-0.05, 0) is 43.3 Å². The molecule has 0 atom stereocenters. The fraction of sp³-hybridized carbons (Fsp3) is 0.118. The standard InChI is InChI=1S/C17H12Cl3NO/c1-2-22-17-6-4-13(18)8-11(17)7-12(10-21)15-5-3-14(19)9-16(15)20/h3-9H,2H2,1H3/b12-7-. The summed E-state index contributed by atoms with van der Waals surface area (Å²) in [4.78, 5) is 0. The second kappa shape index (κ2) is 7.56. The monoisotopic (exact) mass is 351 g/mol. The summed E-state index contributed by atoms with van der Waals surface area (Å²) >= 11 is 18.1. The molecule has 0 aliphatic rings. The minimum Gasteiger partial charge on any atom is -0.493 e. The van der Waals surface area contributed by atoms with Gasteiger partial charge in [0.2, 0.25) is 0 Å². The van der Waals surface area contributed by atoms with Gasteiger partial charge in [0.25, 0.3) is 0 Å². The first-order valence-electron chi connectivity index (χ1n) is 6.54. The van der Waals surface area contributed by atoms with Crippen molar-refractivity contribution in [3.63, 3.8) is 0 Å². The molecule has 2 aromatic carbocycles. The van der Waals surface area contributed by atoms with Crippen LogP contribution in [0.5, 0.6) is 5.75 Å². The molecule has 0 N–H and O–H groups in total. The molecule has 0 heterocycles. The fourth-order valence-corrected chi connectivity index (χ4v) is 2.64. The summed E-state index contributed by atoms with van der Waals surface area (Å²) in [5.74, 6) is 0.657. The summed E-state index contributed by atoms with van der Waals surface area (Å²) in [6.45, 7) is 2.41. The molecule has 0 spiro atoms. The average molecular weight is 353 g/mol. The van der Waals surface area contributed by atoms with E-state index in [1.807, 2.05) is 6.92 Å². The highest BCUT2D eigenvalue weighted by molar-refractivity contribution is 6.36. The van der Waals surface area contributed by atoms with Crippen molar-refractivity contribution in [3.05, 3.63) is 62.6 Å². The van der Waals surface area contributed by atoms with E-state index in [9.17, 15) is 5.26 Å². The molecule has 2 nitrogen and oxygen atoms in total. The average Bonchev–Trinajstić information content (AvgIpc) is 2.48. The Balaban J connectivity index is 2.54. The molecule has 2 aromatic rings. The lowest BCUT2D eigenvalue weighted by molar-refractivity contribution is 0.339. The van der Waals surface area contributed by atoms with E-state index in [-0.39, 0.29) is 0 Å². The van der Waals surface area contributed by atoms with Crippen LogP contribution in [0, 0.1) is 11.3 Å². The Morgan fingerprint density at radius 2 is 1.82 bits per heavy atom. The van der Waals surface area contributed by atoms with Crippen molar-refractivity contribution < 1.29 is 4.74 Å². The fourth-order valence-electron chi connectivity index (χ4n) is 1.95. The molecule has 5 heteroatoms. The van der Waals surface area contributed by atoms with Crippen molar-refractivity contribution in [2.75, 3.05) is 6.61 Å². The number of halogens is 3. The molecule has 112 valence electrons. The van der Waals surface area contributed by atoms with Crippen molar-refractivity contribution in [1.29, 1.82) is 5.26 Å². The van der Waals surface area contributed by atoms with Crippen LogP contribution < -0.4 is 4.74 Å². The summed E-state index contributed by atoms with van der Waals surface area (Å²) in [5, 5.41) is 10.9. The van der Waals surface area contributed by atoms with Gasteiger partial charge in [-0.1, -0.05) is 40.9 Å². The third-order valence-electron chi connectivity index (χ3n) is 2.91. The SMILES string of the molecule is CCOc1ccc(Cl)cc1/C=C(/C#N)c1ccc(Cl)cc1Cl. The highest BCUT2D eigenvalue weighted by Crippen LogP contribution is 2.31. The van der Waals surface area contributed by atoms with Gasteiger partial charge in [0, 0.05) is 21.2 Å². The third kappa shape index (κ3) is 3.96. The lowest BCUT2D eigenvalue weighted by Crippen LogP contribution is -1.94. The summed E-state index contributed by atoms with van der Waals surface area (Å²) in [7, 11) is 0. The van der Waals surface area contributed by atoms with E-state index in [0.717, 1.165) is 5.56 Å². The van der Waals surface area contributed by atoms with Crippen molar-refractivity contribution >= 4 is 46.5 Å². The van der Waals surface area contributed by atoms with E-state index in [4.69, 9.17) is 39.5 Å². The van der Waals surface area contributed by atoms with E-state index in [1.165, 1.54) is 0 Å². The van der Waals surface area contributed by atoms with E-state index in [1.54, 1.807) is 42.5 Å². The molecule has 0 amide bonds. The lowest BCUT2D eigenvalue weighted by atomic mass is 10.0. The minimum absolute atomic E-state index is 0.407. The first-order chi connectivity index (χ1) is 10.5. The van der Waals surface area contributed by atoms with E-state index >= 15 is 0 Å². The maximum atomic E-state index is 9.44. The molecule has 0 aliphatic heterocycles. The highest BCUT2D eigenvalue weighted by Gasteiger charge is 2.09. The predicted octanol–water partition coefficient (Wildman–Crippen LogP) is 6.11. The van der Waals surface area contributed by atoms with Crippen LogP contribution in [0.2, 0.25) is 15.1 Å². The smallest absolute Gasteiger partial charge is 0.126 e. The van der Waals surface area contributed by atoms with Gasteiger partial charge in [0.15, 0.2) is 0 Å². The van der Waals surface area contributed by atoms with Gasteiger partial charge in [-0.25, -0.2) is 0 Å². The molecule has 0 saturated carbocycles. The van der Waals surface area contributed by atoms with Crippen LogP contribution in [0.3, 0.4) is 0 Å². The maximum absolute atomic E-state index is 9.44. The summed E-state index contributed by atoms with van der Waals surface area (Å²) in [6, 6.07) is 12.4. The third-order valence-corrected chi connectivity index (χ3v) is 3.70. The normalized spacial score (nSPS) is 11.1. The Hall–Kier alpha value is -1.66. The largest absolute Gasteiger partial charge is 0.493 e. The van der Waals surface area contributed by atoms with Crippen LogP contribution in [-0.2, 0) is 0 Å². The molecule has 0 unspecified atom stereocenters. The highest BCUT2D eigenvalue weighted by atomic mass is 35.5.